The molecular weight excluding hydrogens is 557 g/mol. The quantitative estimate of drug-likeness (QED) is 0.191. The van der Waals surface area contributed by atoms with Crippen molar-refractivity contribution in [1.29, 1.82) is 0 Å². The van der Waals surface area contributed by atoms with E-state index in [-0.39, 0.29) is 25.1 Å². The lowest BCUT2D eigenvalue weighted by atomic mass is 9.98. The van der Waals surface area contributed by atoms with Gasteiger partial charge in [-0.2, -0.15) is 0 Å². The predicted octanol–water partition coefficient (Wildman–Crippen LogP) is 5.02. The molecule has 1 aromatic heterocycles. The summed E-state index contributed by atoms with van der Waals surface area (Å²) in [6.45, 7) is 7.66. The Labute approximate surface area is 250 Å². The molecule has 2 aliphatic heterocycles. The van der Waals surface area contributed by atoms with Gasteiger partial charge < -0.3 is 19.1 Å². The van der Waals surface area contributed by atoms with E-state index in [0.717, 1.165) is 84.6 Å². The van der Waals surface area contributed by atoms with E-state index >= 15 is 0 Å². The number of unbranched alkanes of at least 4 members (excludes halogenated alkanes) is 1. The molecule has 5 rings (SSSR count). The van der Waals surface area contributed by atoms with Gasteiger partial charge in [-0.1, -0.05) is 25.5 Å². The molecule has 1 fully saturated rings. The second kappa shape index (κ2) is 14.9. The molecule has 0 radical (unpaired) electrons. The third-order valence-electron chi connectivity index (χ3n) is 7.88. The number of amides is 1. The maximum Gasteiger partial charge on any atom is 0.333 e. The Morgan fingerprint density at radius 2 is 1.81 bits per heavy atom. The number of benzene rings is 2. The summed E-state index contributed by atoms with van der Waals surface area (Å²) in [5, 5.41) is 3.14. The van der Waals surface area contributed by atoms with Crippen LogP contribution in [0.25, 0.3) is 10.1 Å². The number of thiophene rings is 1. The van der Waals surface area contributed by atoms with Crippen molar-refractivity contribution in [1.82, 2.24) is 4.90 Å². The highest BCUT2D eigenvalue weighted by Gasteiger charge is 2.26. The number of halogens is 1. The number of aryl methyl sites for hydroxylation is 1. The first-order chi connectivity index (χ1) is 20.5. The van der Waals surface area contributed by atoms with Crippen molar-refractivity contribution in [3.05, 3.63) is 58.7 Å². The highest BCUT2D eigenvalue weighted by Crippen LogP contribution is 2.33. The molecule has 0 bridgehead atoms. The van der Waals surface area contributed by atoms with Crippen LogP contribution >= 0.6 is 11.3 Å². The molecule has 0 spiro atoms. The number of fused-ring (bicyclic) bond motifs is 2. The van der Waals surface area contributed by atoms with Gasteiger partial charge in [0.1, 0.15) is 12.4 Å². The van der Waals surface area contributed by atoms with Crippen LogP contribution < -0.4 is 9.80 Å². The van der Waals surface area contributed by atoms with Crippen molar-refractivity contribution in [3.8, 4) is 0 Å². The minimum atomic E-state index is -0.503. The molecule has 2 aromatic carbocycles. The zero-order valence-corrected chi connectivity index (χ0v) is 25.1. The largest absolute Gasteiger partial charge is 0.442 e. The Balaban J connectivity index is 1.10. The van der Waals surface area contributed by atoms with E-state index in [1.165, 1.54) is 0 Å². The van der Waals surface area contributed by atoms with E-state index < -0.39 is 5.97 Å². The number of carbonyl (C=O) groups excluding carboxylic acids is 2. The minimum Gasteiger partial charge on any atom is -0.442 e. The normalized spacial score (nSPS) is 15.8. The lowest BCUT2D eigenvalue weighted by molar-refractivity contribution is -0.149. The van der Waals surface area contributed by atoms with Crippen molar-refractivity contribution in [3.63, 3.8) is 0 Å². The van der Waals surface area contributed by atoms with Crippen molar-refractivity contribution in [2.24, 2.45) is 0 Å². The fraction of sp³-hybridized carbons (Fsp3) is 0.500. The summed E-state index contributed by atoms with van der Waals surface area (Å²) in [5.74, 6) is -0.740. The summed E-state index contributed by atoms with van der Waals surface area (Å²) in [6, 6.07) is 11.6. The van der Waals surface area contributed by atoms with Gasteiger partial charge in [-0.25, -0.2) is 9.18 Å². The first-order valence-corrected chi connectivity index (χ1v) is 15.8. The molecule has 0 atom stereocenters. The van der Waals surface area contributed by atoms with Crippen LogP contribution in [0, 0.1) is 5.82 Å². The third kappa shape index (κ3) is 7.86. The van der Waals surface area contributed by atoms with Crippen molar-refractivity contribution >= 4 is 44.7 Å². The molecule has 3 heterocycles. The van der Waals surface area contributed by atoms with E-state index in [9.17, 15) is 14.0 Å². The molecule has 10 heteroatoms. The number of piperazine rings is 1. The number of esters is 1. The topological polar surface area (TPSA) is 71.5 Å². The van der Waals surface area contributed by atoms with E-state index in [0.29, 0.717) is 32.7 Å². The van der Waals surface area contributed by atoms with E-state index in [1.54, 1.807) is 28.4 Å². The molecule has 0 N–H and O–H groups in total. The first-order valence-electron chi connectivity index (χ1n) is 14.9. The Bertz CT molecular complexity index is 1360. The van der Waals surface area contributed by atoms with Gasteiger partial charge in [0.25, 0.3) is 0 Å². The molecule has 42 heavy (non-hydrogen) atoms. The van der Waals surface area contributed by atoms with Gasteiger partial charge >= 0.3 is 5.97 Å². The number of nitrogens with zero attached hydrogens (tertiary/aromatic N) is 3. The van der Waals surface area contributed by atoms with Gasteiger partial charge in [-0.3, -0.25) is 14.6 Å². The summed E-state index contributed by atoms with van der Waals surface area (Å²) in [5.41, 5.74) is 4.02. The van der Waals surface area contributed by atoms with Crippen LogP contribution in [0.4, 0.5) is 15.8 Å². The molecule has 0 aliphatic carbocycles. The van der Waals surface area contributed by atoms with Crippen LogP contribution in [0.1, 0.15) is 37.3 Å². The molecule has 2 aliphatic rings. The summed E-state index contributed by atoms with van der Waals surface area (Å²) < 4.78 is 31.3. The first kappa shape index (κ1) is 30.4. The van der Waals surface area contributed by atoms with Gasteiger partial charge in [0.2, 0.25) is 5.91 Å². The highest BCUT2D eigenvalue weighted by molar-refractivity contribution is 7.17. The van der Waals surface area contributed by atoms with Crippen LogP contribution in [-0.2, 0) is 36.6 Å². The smallest absolute Gasteiger partial charge is 0.333 e. The Morgan fingerprint density at radius 1 is 0.976 bits per heavy atom. The molecular formula is C32H40FN3O5S. The lowest BCUT2D eigenvalue weighted by Gasteiger charge is -2.36. The SMILES string of the molecule is CCCCOCCOCC(=O)OCN1C(=O)CCc2ccc(CCN3CCN(c4cc(F)cc5sccc45)CC3)cc21. The molecule has 8 nitrogen and oxygen atoms in total. The number of anilines is 2. The van der Waals surface area contributed by atoms with Gasteiger partial charge in [0.05, 0.1) is 18.9 Å². The van der Waals surface area contributed by atoms with Gasteiger partial charge in [-0.15, -0.1) is 11.3 Å². The second-order valence-electron chi connectivity index (χ2n) is 10.8. The van der Waals surface area contributed by atoms with Crippen LogP contribution in [0.5, 0.6) is 0 Å². The molecule has 1 saturated heterocycles. The Morgan fingerprint density at radius 3 is 2.64 bits per heavy atom. The van der Waals surface area contributed by atoms with Crippen LogP contribution in [0.3, 0.4) is 0 Å². The van der Waals surface area contributed by atoms with Gasteiger partial charge in [0.15, 0.2) is 6.73 Å². The van der Waals surface area contributed by atoms with Crippen LogP contribution in [0.2, 0.25) is 0 Å². The predicted molar refractivity (Wildman–Crippen MR) is 164 cm³/mol. The molecule has 0 saturated carbocycles. The summed E-state index contributed by atoms with van der Waals surface area (Å²) in [4.78, 5) is 31.2. The van der Waals surface area contributed by atoms with Crippen LogP contribution in [-0.4, -0.2) is 82.7 Å². The third-order valence-corrected chi connectivity index (χ3v) is 8.75. The van der Waals surface area contributed by atoms with Crippen molar-refractivity contribution in [2.75, 3.05) is 75.7 Å². The number of rotatable bonds is 14. The summed E-state index contributed by atoms with van der Waals surface area (Å²) in [7, 11) is 0. The van der Waals surface area contributed by atoms with Crippen LogP contribution in [0.15, 0.2) is 41.8 Å². The maximum absolute atomic E-state index is 14.2. The summed E-state index contributed by atoms with van der Waals surface area (Å²) >= 11 is 1.57. The number of hydrogen-bond donors (Lipinski definition) is 0. The molecule has 0 unspecified atom stereocenters. The maximum atomic E-state index is 14.2. The van der Waals surface area contributed by atoms with E-state index in [2.05, 4.69) is 41.0 Å². The molecule has 3 aromatic rings. The van der Waals surface area contributed by atoms with E-state index in [1.807, 2.05) is 5.38 Å². The van der Waals surface area contributed by atoms with E-state index in [4.69, 9.17) is 14.2 Å². The Hall–Kier alpha value is -3.05. The number of ether oxygens (including phenoxy) is 3. The summed E-state index contributed by atoms with van der Waals surface area (Å²) in [6.07, 6.45) is 3.99. The minimum absolute atomic E-state index is 0.0501. The van der Waals surface area contributed by atoms with Crippen molar-refractivity contribution in [2.45, 2.75) is 39.0 Å². The second-order valence-corrected chi connectivity index (χ2v) is 11.7. The zero-order chi connectivity index (χ0) is 29.3. The monoisotopic (exact) mass is 597 g/mol. The standard InChI is InChI=1S/C32H40FN3O5S/c1-2-3-15-39-16-17-40-22-32(38)41-23-36-28-19-24(4-5-25(28)6-7-31(36)37)8-10-34-11-13-35(14-12-34)29-20-26(33)21-30-27(29)9-18-42-30/h4-5,9,18-21H,2-3,6-8,10-17,22-23H2,1H3. The lowest BCUT2D eigenvalue weighted by Crippen LogP contribution is -2.47. The fourth-order valence-corrected chi connectivity index (χ4v) is 6.29. The number of carbonyl (C=O) groups is 2. The highest BCUT2D eigenvalue weighted by atomic mass is 32.1. The average Bonchev–Trinajstić information content (AvgIpc) is 3.47. The van der Waals surface area contributed by atoms with Crippen molar-refractivity contribution < 1.29 is 28.2 Å². The Kier molecular flexibility index (Phi) is 10.8. The number of hydrogen-bond acceptors (Lipinski definition) is 8. The zero-order valence-electron chi connectivity index (χ0n) is 24.3. The van der Waals surface area contributed by atoms with Gasteiger partial charge in [-0.05, 0) is 60.0 Å². The molecule has 1 amide bonds. The van der Waals surface area contributed by atoms with Gasteiger partial charge in [0, 0.05) is 61.5 Å². The average molecular weight is 598 g/mol. The molecule has 226 valence electrons. The fourth-order valence-electron chi connectivity index (χ4n) is 5.46.